The van der Waals surface area contributed by atoms with E-state index in [1.165, 1.54) is 0 Å². The SMILES string of the molecule is c1ccc(N=Nc2cccnc2-c2ccccn2)cc1. The van der Waals surface area contributed by atoms with Gasteiger partial charge in [-0.3, -0.25) is 9.97 Å². The van der Waals surface area contributed by atoms with Crippen LogP contribution in [0.3, 0.4) is 0 Å². The van der Waals surface area contributed by atoms with Gasteiger partial charge in [0.2, 0.25) is 0 Å². The van der Waals surface area contributed by atoms with E-state index < -0.39 is 0 Å². The first kappa shape index (κ1) is 12.2. The predicted octanol–water partition coefficient (Wildman–Crippen LogP) is 4.56. The molecule has 2 aromatic heterocycles. The second kappa shape index (κ2) is 5.84. The highest BCUT2D eigenvalue weighted by atomic mass is 15.1. The van der Waals surface area contributed by atoms with Gasteiger partial charge in [0.05, 0.1) is 11.4 Å². The highest BCUT2D eigenvalue weighted by Gasteiger charge is 2.06. The van der Waals surface area contributed by atoms with Crippen LogP contribution < -0.4 is 0 Å². The molecule has 0 bridgehead atoms. The van der Waals surface area contributed by atoms with Gasteiger partial charge in [-0.15, -0.1) is 5.11 Å². The summed E-state index contributed by atoms with van der Waals surface area (Å²) >= 11 is 0. The van der Waals surface area contributed by atoms with Gasteiger partial charge in [-0.25, -0.2) is 0 Å². The molecule has 0 saturated carbocycles. The molecule has 4 nitrogen and oxygen atoms in total. The number of pyridine rings is 2. The predicted molar refractivity (Wildman–Crippen MR) is 78.1 cm³/mol. The van der Waals surface area contributed by atoms with E-state index in [2.05, 4.69) is 20.2 Å². The Kier molecular flexibility index (Phi) is 3.55. The molecule has 2 heterocycles. The second-order valence-corrected chi connectivity index (χ2v) is 4.12. The third-order valence-electron chi connectivity index (χ3n) is 2.72. The minimum atomic E-state index is 0.704. The Hall–Kier alpha value is -2.88. The third-order valence-corrected chi connectivity index (χ3v) is 2.72. The number of hydrogen-bond donors (Lipinski definition) is 0. The van der Waals surface area contributed by atoms with E-state index in [9.17, 15) is 0 Å². The van der Waals surface area contributed by atoms with Crippen LogP contribution in [-0.2, 0) is 0 Å². The minimum absolute atomic E-state index is 0.704. The van der Waals surface area contributed by atoms with Gasteiger partial charge in [-0.1, -0.05) is 24.3 Å². The minimum Gasteiger partial charge on any atom is -0.255 e. The van der Waals surface area contributed by atoms with Crippen LogP contribution in [0.2, 0.25) is 0 Å². The molecule has 0 atom stereocenters. The second-order valence-electron chi connectivity index (χ2n) is 4.12. The molecular weight excluding hydrogens is 248 g/mol. The fourth-order valence-electron chi connectivity index (χ4n) is 1.78. The Morgan fingerprint density at radius 2 is 1.45 bits per heavy atom. The molecule has 0 radical (unpaired) electrons. The van der Waals surface area contributed by atoms with E-state index in [-0.39, 0.29) is 0 Å². The lowest BCUT2D eigenvalue weighted by Gasteiger charge is -2.02. The van der Waals surface area contributed by atoms with Crippen molar-refractivity contribution in [3.8, 4) is 11.4 Å². The summed E-state index contributed by atoms with van der Waals surface area (Å²) < 4.78 is 0. The smallest absolute Gasteiger partial charge is 0.116 e. The number of hydrogen-bond acceptors (Lipinski definition) is 4. The molecular formula is C16H12N4. The molecule has 0 unspecified atom stereocenters. The van der Waals surface area contributed by atoms with Crippen LogP contribution in [0.5, 0.6) is 0 Å². The van der Waals surface area contributed by atoms with Gasteiger partial charge in [0.1, 0.15) is 11.4 Å². The third kappa shape index (κ3) is 2.75. The lowest BCUT2D eigenvalue weighted by atomic mass is 10.2. The van der Waals surface area contributed by atoms with E-state index in [1.54, 1.807) is 12.4 Å². The van der Waals surface area contributed by atoms with Gasteiger partial charge in [0, 0.05) is 12.4 Å². The van der Waals surface area contributed by atoms with Crippen LogP contribution in [0.1, 0.15) is 0 Å². The van der Waals surface area contributed by atoms with Crippen molar-refractivity contribution in [2.75, 3.05) is 0 Å². The maximum Gasteiger partial charge on any atom is 0.116 e. The van der Waals surface area contributed by atoms with Gasteiger partial charge in [-0.2, -0.15) is 5.11 Å². The molecule has 0 aliphatic heterocycles. The van der Waals surface area contributed by atoms with Crippen LogP contribution in [0.4, 0.5) is 11.4 Å². The maximum atomic E-state index is 4.34. The summed E-state index contributed by atoms with van der Waals surface area (Å²) in [7, 11) is 0. The van der Waals surface area contributed by atoms with Crippen molar-refractivity contribution in [3.63, 3.8) is 0 Å². The van der Waals surface area contributed by atoms with E-state index in [4.69, 9.17) is 0 Å². The Morgan fingerprint density at radius 1 is 0.650 bits per heavy atom. The summed E-state index contributed by atoms with van der Waals surface area (Å²) in [5, 5.41) is 8.50. The lowest BCUT2D eigenvalue weighted by molar-refractivity contribution is 1.18. The van der Waals surface area contributed by atoms with Gasteiger partial charge >= 0.3 is 0 Å². The summed E-state index contributed by atoms with van der Waals surface area (Å²) in [5.41, 5.74) is 3.03. The Bertz CT molecular complexity index is 709. The molecule has 0 spiro atoms. The molecule has 3 rings (SSSR count). The number of benzene rings is 1. The van der Waals surface area contributed by atoms with Crippen molar-refractivity contribution in [1.82, 2.24) is 9.97 Å². The molecule has 0 aliphatic rings. The zero-order valence-electron chi connectivity index (χ0n) is 10.7. The zero-order valence-corrected chi connectivity index (χ0v) is 10.7. The first-order valence-corrected chi connectivity index (χ1v) is 6.27. The molecule has 0 aliphatic carbocycles. The fourth-order valence-corrected chi connectivity index (χ4v) is 1.78. The van der Waals surface area contributed by atoms with Crippen LogP contribution in [-0.4, -0.2) is 9.97 Å². The Balaban J connectivity index is 1.97. The normalized spacial score (nSPS) is 10.8. The molecule has 0 N–H and O–H groups in total. The number of nitrogens with zero attached hydrogens (tertiary/aromatic N) is 4. The van der Waals surface area contributed by atoms with E-state index in [1.807, 2.05) is 60.7 Å². The standard InChI is InChI=1S/C16H12N4/c1-2-7-13(8-3-1)19-20-15-10-6-12-18-16(15)14-9-4-5-11-17-14/h1-12H. The van der Waals surface area contributed by atoms with Crippen LogP contribution in [0.15, 0.2) is 83.3 Å². The average Bonchev–Trinajstić information content (AvgIpc) is 2.55. The van der Waals surface area contributed by atoms with E-state index in [0.717, 1.165) is 17.1 Å². The van der Waals surface area contributed by atoms with Crippen molar-refractivity contribution >= 4 is 11.4 Å². The molecule has 1 aromatic carbocycles. The van der Waals surface area contributed by atoms with Crippen molar-refractivity contribution in [2.24, 2.45) is 10.2 Å². The molecule has 0 fully saturated rings. The van der Waals surface area contributed by atoms with Crippen molar-refractivity contribution in [2.45, 2.75) is 0 Å². The van der Waals surface area contributed by atoms with Gasteiger partial charge in [0.25, 0.3) is 0 Å². The first-order chi connectivity index (χ1) is 9.93. The van der Waals surface area contributed by atoms with E-state index in [0.29, 0.717) is 5.69 Å². The van der Waals surface area contributed by atoms with Crippen LogP contribution >= 0.6 is 0 Å². The van der Waals surface area contributed by atoms with Crippen molar-refractivity contribution in [3.05, 3.63) is 73.1 Å². The van der Waals surface area contributed by atoms with Gasteiger partial charge in [0.15, 0.2) is 0 Å². The monoisotopic (exact) mass is 260 g/mol. The number of azo groups is 1. The average molecular weight is 260 g/mol. The van der Waals surface area contributed by atoms with Gasteiger partial charge in [-0.05, 0) is 36.4 Å². The Labute approximate surface area is 116 Å². The lowest BCUT2D eigenvalue weighted by Crippen LogP contribution is -1.86. The largest absolute Gasteiger partial charge is 0.255 e. The summed E-state index contributed by atoms with van der Waals surface area (Å²) in [6, 6.07) is 19.0. The Morgan fingerprint density at radius 3 is 2.25 bits per heavy atom. The van der Waals surface area contributed by atoms with Crippen LogP contribution in [0, 0.1) is 0 Å². The summed E-state index contributed by atoms with van der Waals surface area (Å²) in [4.78, 5) is 8.65. The highest BCUT2D eigenvalue weighted by Crippen LogP contribution is 2.27. The topological polar surface area (TPSA) is 50.5 Å². The van der Waals surface area contributed by atoms with Crippen molar-refractivity contribution < 1.29 is 0 Å². The van der Waals surface area contributed by atoms with Gasteiger partial charge < -0.3 is 0 Å². The number of rotatable bonds is 3. The molecule has 96 valence electrons. The molecule has 4 heteroatoms. The van der Waals surface area contributed by atoms with Crippen molar-refractivity contribution in [1.29, 1.82) is 0 Å². The van der Waals surface area contributed by atoms with Crippen LogP contribution in [0.25, 0.3) is 11.4 Å². The number of aromatic nitrogens is 2. The maximum absolute atomic E-state index is 4.34. The van der Waals surface area contributed by atoms with E-state index >= 15 is 0 Å². The molecule has 0 saturated heterocycles. The first-order valence-electron chi connectivity index (χ1n) is 6.27. The summed E-state index contributed by atoms with van der Waals surface area (Å²) in [6.45, 7) is 0. The molecule has 3 aromatic rings. The molecule has 20 heavy (non-hydrogen) atoms. The summed E-state index contributed by atoms with van der Waals surface area (Å²) in [6.07, 6.45) is 3.47. The fraction of sp³-hybridized carbons (Fsp3) is 0. The molecule has 0 amide bonds. The zero-order chi connectivity index (χ0) is 13.6. The summed E-state index contributed by atoms with van der Waals surface area (Å²) in [5.74, 6) is 0. The highest BCUT2D eigenvalue weighted by molar-refractivity contribution is 5.68. The quantitative estimate of drug-likeness (QED) is 0.648.